The lowest BCUT2D eigenvalue weighted by molar-refractivity contribution is 0.178. The summed E-state index contributed by atoms with van der Waals surface area (Å²) in [6, 6.07) is 0.864. The van der Waals surface area contributed by atoms with Crippen LogP contribution in [0.2, 0.25) is 0 Å². The summed E-state index contributed by atoms with van der Waals surface area (Å²) in [7, 11) is -3.25. The molecule has 18 heavy (non-hydrogen) atoms. The third kappa shape index (κ3) is 4.50. The Morgan fingerprint density at radius 2 is 1.61 bits per heavy atom. The van der Waals surface area contributed by atoms with E-state index in [0.29, 0.717) is 31.7 Å². The van der Waals surface area contributed by atoms with Crippen LogP contribution in [0.25, 0.3) is 0 Å². The second-order valence-corrected chi connectivity index (χ2v) is 7.19. The summed E-state index contributed by atoms with van der Waals surface area (Å²) in [5.74, 6) is 0. The van der Waals surface area contributed by atoms with E-state index < -0.39 is 10.2 Å². The van der Waals surface area contributed by atoms with Crippen molar-refractivity contribution in [2.75, 3.05) is 26.2 Å². The maximum absolute atomic E-state index is 12.0. The van der Waals surface area contributed by atoms with Gasteiger partial charge in [0.15, 0.2) is 0 Å². The first-order valence-electron chi connectivity index (χ1n) is 6.85. The SMILES string of the molecule is CC(C)N(CCNS(=O)(=O)N1CCCC1)C(C)C. The van der Waals surface area contributed by atoms with E-state index in [0.717, 1.165) is 19.4 Å². The predicted molar refractivity (Wildman–Crippen MR) is 74.7 cm³/mol. The van der Waals surface area contributed by atoms with Crippen LogP contribution in [0.3, 0.4) is 0 Å². The minimum absolute atomic E-state index is 0.432. The van der Waals surface area contributed by atoms with Gasteiger partial charge < -0.3 is 0 Å². The molecule has 0 spiro atoms. The fraction of sp³-hybridized carbons (Fsp3) is 1.00. The van der Waals surface area contributed by atoms with Crippen LogP contribution >= 0.6 is 0 Å². The smallest absolute Gasteiger partial charge is 0.279 e. The average molecular weight is 277 g/mol. The van der Waals surface area contributed by atoms with E-state index in [1.54, 1.807) is 4.31 Å². The summed E-state index contributed by atoms with van der Waals surface area (Å²) < 4.78 is 28.1. The molecule has 0 unspecified atom stereocenters. The molecule has 0 amide bonds. The molecule has 0 saturated carbocycles. The first-order valence-corrected chi connectivity index (χ1v) is 8.29. The van der Waals surface area contributed by atoms with Crippen LogP contribution in [-0.4, -0.2) is 55.9 Å². The topological polar surface area (TPSA) is 52.7 Å². The van der Waals surface area contributed by atoms with E-state index >= 15 is 0 Å². The molecule has 1 heterocycles. The molecular formula is C12H27N3O2S. The predicted octanol–water partition coefficient (Wildman–Crippen LogP) is 1.04. The number of rotatable bonds is 7. The zero-order valence-electron chi connectivity index (χ0n) is 12.0. The first-order chi connectivity index (χ1) is 8.34. The molecule has 0 aromatic carbocycles. The second-order valence-electron chi connectivity index (χ2n) is 5.43. The third-order valence-corrected chi connectivity index (χ3v) is 5.00. The fourth-order valence-corrected chi connectivity index (χ4v) is 3.71. The zero-order chi connectivity index (χ0) is 13.8. The summed E-state index contributed by atoms with van der Waals surface area (Å²) in [6.45, 7) is 11.1. The Morgan fingerprint density at radius 1 is 1.11 bits per heavy atom. The van der Waals surface area contributed by atoms with E-state index in [1.165, 1.54) is 0 Å². The Balaban J connectivity index is 2.40. The molecule has 5 nitrogen and oxygen atoms in total. The number of nitrogens with one attached hydrogen (secondary N) is 1. The van der Waals surface area contributed by atoms with Gasteiger partial charge in [-0.15, -0.1) is 0 Å². The van der Waals surface area contributed by atoms with E-state index in [9.17, 15) is 8.42 Å². The molecule has 108 valence electrons. The van der Waals surface area contributed by atoms with Crippen molar-refractivity contribution in [3.8, 4) is 0 Å². The van der Waals surface area contributed by atoms with Gasteiger partial charge >= 0.3 is 0 Å². The second kappa shape index (κ2) is 6.84. The maximum atomic E-state index is 12.0. The molecule has 1 aliphatic rings. The van der Waals surface area contributed by atoms with Crippen molar-refractivity contribution < 1.29 is 8.42 Å². The van der Waals surface area contributed by atoms with Crippen molar-refractivity contribution in [2.45, 2.75) is 52.6 Å². The van der Waals surface area contributed by atoms with Gasteiger partial charge in [-0.3, -0.25) is 4.90 Å². The van der Waals surface area contributed by atoms with Gasteiger partial charge in [0.2, 0.25) is 0 Å². The van der Waals surface area contributed by atoms with Gasteiger partial charge in [-0.2, -0.15) is 12.7 Å². The Labute approximate surface area is 112 Å². The molecule has 0 aliphatic carbocycles. The third-order valence-electron chi connectivity index (χ3n) is 3.39. The molecule has 1 saturated heterocycles. The van der Waals surface area contributed by atoms with Gasteiger partial charge in [-0.05, 0) is 40.5 Å². The Bertz CT molecular complexity index is 327. The summed E-state index contributed by atoms with van der Waals surface area (Å²) in [4.78, 5) is 2.28. The first kappa shape index (κ1) is 15.9. The van der Waals surface area contributed by atoms with Gasteiger partial charge in [0.05, 0.1) is 0 Å². The van der Waals surface area contributed by atoms with Crippen molar-refractivity contribution in [3.63, 3.8) is 0 Å². The zero-order valence-corrected chi connectivity index (χ0v) is 12.8. The highest BCUT2D eigenvalue weighted by Gasteiger charge is 2.24. The molecule has 0 bridgehead atoms. The van der Waals surface area contributed by atoms with Gasteiger partial charge in [-0.1, -0.05) is 0 Å². The van der Waals surface area contributed by atoms with Crippen LogP contribution in [0, 0.1) is 0 Å². The van der Waals surface area contributed by atoms with E-state index in [1.807, 2.05) is 0 Å². The summed E-state index contributed by atoms with van der Waals surface area (Å²) in [6.07, 6.45) is 1.95. The normalized spacial score (nSPS) is 18.4. The summed E-state index contributed by atoms with van der Waals surface area (Å²) in [5.41, 5.74) is 0. The molecule has 1 fully saturated rings. The molecule has 1 N–H and O–H groups in total. The molecule has 0 atom stereocenters. The minimum atomic E-state index is -3.25. The van der Waals surface area contributed by atoms with Crippen LogP contribution in [-0.2, 0) is 10.2 Å². The Morgan fingerprint density at radius 3 is 2.06 bits per heavy atom. The van der Waals surface area contributed by atoms with Crippen molar-refractivity contribution in [1.82, 2.24) is 13.9 Å². The van der Waals surface area contributed by atoms with Crippen molar-refractivity contribution >= 4 is 10.2 Å². The lowest BCUT2D eigenvalue weighted by Crippen LogP contribution is -2.45. The number of hydrogen-bond acceptors (Lipinski definition) is 3. The lowest BCUT2D eigenvalue weighted by atomic mass is 10.2. The van der Waals surface area contributed by atoms with E-state index in [4.69, 9.17) is 0 Å². The number of hydrogen-bond donors (Lipinski definition) is 1. The van der Waals surface area contributed by atoms with Crippen molar-refractivity contribution in [1.29, 1.82) is 0 Å². The highest BCUT2D eigenvalue weighted by Crippen LogP contribution is 2.11. The molecule has 1 aliphatic heterocycles. The summed E-state index contributed by atoms with van der Waals surface area (Å²) in [5, 5.41) is 0. The van der Waals surface area contributed by atoms with Gasteiger partial charge in [0, 0.05) is 38.3 Å². The van der Waals surface area contributed by atoms with Gasteiger partial charge in [0.1, 0.15) is 0 Å². The van der Waals surface area contributed by atoms with Gasteiger partial charge in [-0.25, -0.2) is 4.72 Å². The monoisotopic (exact) mass is 277 g/mol. The van der Waals surface area contributed by atoms with E-state index in [-0.39, 0.29) is 0 Å². The van der Waals surface area contributed by atoms with Crippen LogP contribution in [0.5, 0.6) is 0 Å². The Kier molecular flexibility index (Phi) is 6.04. The molecule has 0 aromatic rings. The highest BCUT2D eigenvalue weighted by atomic mass is 32.2. The van der Waals surface area contributed by atoms with Crippen LogP contribution in [0.15, 0.2) is 0 Å². The Hall–Kier alpha value is -0.170. The molecule has 0 radical (unpaired) electrons. The minimum Gasteiger partial charge on any atom is -0.297 e. The van der Waals surface area contributed by atoms with Crippen molar-refractivity contribution in [2.24, 2.45) is 0 Å². The molecule has 0 aromatic heterocycles. The molecule has 1 rings (SSSR count). The van der Waals surface area contributed by atoms with E-state index in [2.05, 4.69) is 37.3 Å². The summed E-state index contributed by atoms with van der Waals surface area (Å²) >= 11 is 0. The average Bonchev–Trinajstić information content (AvgIpc) is 2.76. The van der Waals surface area contributed by atoms with Crippen molar-refractivity contribution in [3.05, 3.63) is 0 Å². The van der Waals surface area contributed by atoms with Crippen LogP contribution in [0.4, 0.5) is 0 Å². The molecular weight excluding hydrogens is 250 g/mol. The van der Waals surface area contributed by atoms with Gasteiger partial charge in [0.25, 0.3) is 10.2 Å². The van der Waals surface area contributed by atoms with Crippen LogP contribution < -0.4 is 4.72 Å². The number of nitrogens with zero attached hydrogens (tertiary/aromatic N) is 2. The lowest BCUT2D eigenvalue weighted by Gasteiger charge is -2.30. The fourth-order valence-electron chi connectivity index (χ4n) is 2.44. The quantitative estimate of drug-likeness (QED) is 0.756. The van der Waals surface area contributed by atoms with Crippen LogP contribution in [0.1, 0.15) is 40.5 Å². The standard InChI is InChI=1S/C12H27N3O2S/c1-11(2)15(12(3)4)10-7-13-18(16,17)14-8-5-6-9-14/h11-13H,5-10H2,1-4H3. The maximum Gasteiger partial charge on any atom is 0.279 e. The highest BCUT2D eigenvalue weighted by molar-refractivity contribution is 7.87. The largest absolute Gasteiger partial charge is 0.297 e. The molecule has 6 heteroatoms.